The molecule has 0 bridgehead atoms. The molecule has 65 heavy (non-hydrogen) atoms. The molecule has 8 aromatic carbocycles. The Morgan fingerprint density at radius 2 is 1.02 bits per heavy atom. The van der Waals surface area contributed by atoms with Gasteiger partial charge >= 0.3 is 5.84 Å². The number of aromatic nitrogens is 2. The van der Waals surface area contributed by atoms with Gasteiger partial charge in [0.15, 0.2) is 13.7 Å². The Balaban J connectivity index is 1.22. The van der Waals surface area contributed by atoms with Crippen LogP contribution in [0.15, 0.2) is 196 Å². The lowest BCUT2D eigenvalue weighted by atomic mass is 9.76. The van der Waals surface area contributed by atoms with Crippen LogP contribution in [0.25, 0.3) is 50.2 Å². The second kappa shape index (κ2) is 15.1. The lowest BCUT2D eigenvalue weighted by Crippen LogP contribution is -2.74. The highest BCUT2D eigenvalue weighted by molar-refractivity contribution is 7.99. The number of nitrogens with zero attached hydrogens (tertiary/aromatic N) is 2. The number of oxazole rings is 1. The third-order valence-corrected chi connectivity index (χ3v) is 19.9. The predicted molar refractivity (Wildman–Crippen MR) is 277 cm³/mol. The Kier molecular flexibility index (Phi) is 9.59. The molecule has 2 aromatic heterocycles. The van der Waals surface area contributed by atoms with Gasteiger partial charge in [0.05, 0.1) is 16.6 Å². The third-order valence-electron chi connectivity index (χ3n) is 13.9. The molecule has 1 aliphatic heterocycles. The molecule has 0 aliphatic carbocycles. The third kappa shape index (κ3) is 6.49. The van der Waals surface area contributed by atoms with Crippen molar-refractivity contribution in [1.29, 1.82) is 0 Å². The van der Waals surface area contributed by atoms with E-state index in [1.807, 2.05) is 17.8 Å². The summed E-state index contributed by atoms with van der Waals surface area (Å²) in [7, 11) is -3.09. The monoisotopic (exact) mass is 878 g/mol. The fourth-order valence-corrected chi connectivity index (χ4v) is 17.1. The molecular formula is C60H54N2OSSi. The van der Waals surface area contributed by atoms with E-state index in [-0.39, 0.29) is 16.2 Å². The van der Waals surface area contributed by atoms with Crippen molar-refractivity contribution in [3.63, 3.8) is 0 Å². The Labute approximate surface area is 388 Å². The number of hydrogen-bond donors (Lipinski definition) is 0. The van der Waals surface area contributed by atoms with Gasteiger partial charge in [0.1, 0.15) is 0 Å². The minimum atomic E-state index is -3.09. The van der Waals surface area contributed by atoms with Crippen molar-refractivity contribution >= 4 is 68.6 Å². The van der Waals surface area contributed by atoms with Crippen molar-refractivity contribution < 1.29 is 4.42 Å². The van der Waals surface area contributed by atoms with E-state index in [4.69, 9.17) is 9.40 Å². The zero-order chi connectivity index (χ0) is 44.9. The van der Waals surface area contributed by atoms with Crippen LogP contribution in [0.2, 0.25) is 0 Å². The number of rotatable bonds is 6. The fourth-order valence-electron chi connectivity index (χ4n) is 10.8. The van der Waals surface area contributed by atoms with Gasteiger partial charge < -0.3 is 4.42 Å². The zero-order valence-electron chi connectivity index (χ0n) is 38.5. The van der Waals surface area contributed by atoms with E-state index in [0.717, 1.165) is 27.7 Å². The van der Waals surface area contributed by atoms with Crippen molar-refractivity contribution in [2.75, 3.05) is 0 Å². The topological polar surface area (TPSA) is 30.4 Å². The molecule has 0 unspecified atom stereocenters. The maximum absolute atomic E-state index is 6.82. The number of benzene rings is 8. The van der Waals surface area contributed by atoms with Gasteiger partial charge in [-0.2, -0.15) is 4.98 Å². The molecule has 320 valence electrons. The van der Waals surface area contributed by atoms with Crippen LogP contribution in [0.1, 0.15) is 77.6 Å². The normalized spacial score (nSPS) is 13.9. The average molecular weight is 879 g/mol. The van der Waals surface area contributed by atoms with Gasteiger partial charge in [-0.3, -0.25) is 4.40 Å². The minimum Gasteiger partial charge on any atom is -0.422 e. The standard InChI is InChI=1S/C60H54N2OSSi/c1-58(2,3)47-35-33-41(37-45(47)43-25-20-31-53-55(43)63-57-61-51-29-16-17-30-52(51)62(53)57)65(39-21-11-9-12-22-39,40-23-13-10-14-24-40)42-34-36-48(59(4,5)6)46(38-42)44-26-19-28-50-56(44)64-54-32-18-15-27-49(54)60(50,7)8/h9-38H,1-8H3. The molecule has 0 amide bonds. The first-order chi connectivity index (χ1) is 31.3. The lowest BCUT2D eigenvalue weighted by Gasteiger charge is -2.38. The largest absolute Gasteiger partial charge is 0.422 e. The van der Waals surface area contributed by atoms with E-state index in [1.54, 1.807) is 0 Å². The molecule has 0 spiro atoms. The molecule has 5 heteroatoms. The van der Waals surface area contributed by atoms with E-state index in [9.17, 15) is 0 Å². The highest BCUT2D eigenvalue weighted by Gasteiger charge is 2.43. The quantitative estimate of drug-likeness (QED) is 0.123. The fraction of sp³-hybridized carbons (Fsp3) is 0.183. The summed E-state index contributed by atoms with van der Waals surface area (Å²) in [6.07, 6.45) is 0. The number of para-hydroxylation sites is 3. The van der Waals surface area contributed by atoms with Gasteiger partial charge in [0.2, 0.25) is 0 Å². The van der Waals surface area contributed by atoms with Gasteiger partial charge in [-0.1, -0.05) is 225 Å². The first-order valence-electron chi connectivity index (χ1n) is 22.9. The van der Waals surface area contributed by atoms with Crippen LogP contribution < -0.4 is 20.7 Å². The molecule has 11 rings (SSSR count). The molecule has 0 saturated heterocycles. The molecule has 0 atom stereocenters. The molecule has 3 nitrogen and oxygen atoms in total. The van der Waals surface area contributed by atoms with Crippen LogP contribution in [-0.4, -0.2) is 17.5 Å². The van der Waals surface area contributed by atoms with Gasteiger partial charge in [-0.25, -0.2) is 0 Å². The molecule has 0 radical (unpaired) electrons. The maximum Gasteiger partial charge on any atom is 0.307 e. The van der Waals surface area contributed by atoms with E-state index in [2.05, 4.69) is 236 Å². The van der Waals surface area contributed by atoms with Crippen molar-refractivity contribution in [2.24, 2.45) is 0 Å². The Morgan fingerprint density at radius 1 is 0.492 bits per heavy atom. The van der Waals surface area contributed by atoms with Crippen molar-refractivity contribution in [3.05, 3.63) is 204 Å². The van der Waals surface area contributed by atoms with Crippen LogP contribution in [0, 0.1) is 0 Å². The van der Waals surface area contributed by atoms with Gasteiger partial charge in [-0.05, 0) is 94.8 Å². The summed E-state index contributed by atoms with van der Waals surface area (Å²) >= 11 is 1.93. The summed E-state index contributed by atoms with van der Waals surface area (Å²) < 4.78 is 8.99. The maximum atomic E-state index is 6.82. The van der Waals surface area contributed by atoms with E-state index in [1.165, 1.54) is 69.5 Å². The van der Waals surface area contributed by atoms with E-state index in [0.29, 0.717) is 5.84 Å². The predicted octanol–water partition coefficient (Wildman–Crippen LogP) is 13.3. The van der Waals surface area contributed by atoms with Gasteiger partial charge in [0, 0.05) is 20.8 Å². The van der Waals surface area contributed by atoms with Gasteiger partial charge in [0.25, 0.3) is 0 Å². The second-order valence-electron chi connectivity index (χ2n) is 20.4. The van der Waals surface area contributed by atoms with Gasteiger partial charge in [-0.15, -0.1) is 0 Å². The average Bonchev–Trinajstić information content (AvgIpc) is 3.86. The summed E-state index contributed by atoms with van der Waals surface area (Å²) in [5.41, 5.74) is 13.7. The summed E-state index contributed by atoms with van der Waals surface area (Å²) in [5.74, 6) is 0.610. The van der Waals surface area contributed by atoms with E-state index < -0.39 is 8.07 Å². The van der Waals surface area contributed by atoms with Crippen molar-refractivity contribution in [2.45, 2.75) is 81.4 Å². The Hall–Kier alpha value is -6.40. The summed E-state index contributed by atoms with van der Waals surface area (Å²) in [4.78, 5) is 7.63. The molecule has 0 N–H and O–H groups in total. The number of fused-ring (bicyclic) bond motifs is 7. The van der Waals surface area contributed by atoms with Crippen LogP contribution in [0.4, 0.5) is 0 Å². The van der Waals surface area contributed by atoms with Crippen molar-refractivity contribution in [3.8, 4) is 22.3 Å². The highest BCUT2D eigenvalue weighted by atomic mass is 32.2. The van der Waals surface area contributed by atoms with Crippen LogP contribution in [-0.2, 0) is 16.2 Å². The number of imidazole rings is 1. The molecule has 10 aromatic rings. The minimum absolute atomic E-state index is 0.110. The number of hydrogen-bond acceptors (Lipinski definition) is 3. The first kappa shape index (κ1) is 41.3. The first-order valence-corrected chi connectivity index (χ1v) is 25.7. The summed E-state index contributed by atoms with van der Waals surface area (Å²) in [6, 6.07) is 68.5. The lowest BCUT2D eigenvalue weighted by molar-refractivity contribution is 0.591. The smallest absolute Gasteiger partial charge is 0.307 e. The van der Waals surface area contributed by atoms with Crippen LogP contribution >= 0.6 is 11.8 Å². The Morgan fingerprint density at radius 3 is 1.66 bits per heavy atom. The molecule has 1 aliphatic rings. The molecular weight excluding hydrogens is 825 g/mol. The zero-order valence-corrected chi connectivity index (χ0v) is 40.3. The SMILES string of the molecule is CC(C)(C)c1ccc([Si](c2ccccc2)(c2ccccc2)c2ccc(C(C)(C)C)c(-c3cccc4c3oc3nc5ccccc5n34)c2)cc1-c1cccc2c1Sc1ccccc1C2(C)C. The van der Waals surface area contributed by atoms with Crippen LogP contribution in [0.5, 0.6) is 0 Å². The molecule has 0 fully saturated rings. The van der Waals surface area contributed by atoms with Crippen LogP contribution in [0.3, 0.4) is 0 Å². The van der Waals surface area contributed by atoms with Crippen molar-refractivity contribution in [1.82, 2.24) is 9.38 Å². The van der Waals surface area contributed by atoms with E-state index >= 15 is 0 Å². The Bertz CT molecular complexity index is 3420. The molecule has 3 heterocycles. The summed E-state index contributed by atoms with van der Waals surface area (Å²) in [5, 5.41) is 5.36. The summed E-state index contributed by atoms with van der Waals surface area (Å²) in [6.45, 7) is 18.8. The highest BCUT2D eigenvalue weighted by Crippen LogP contribution is 2.53. The molecule has 0 saturated carbocycles. The second-order valence-corrected chi connectivity index (χ2v) is 25.2.